The second-order valence-corrected chi connectivity index (χ2v) is 7.69. The van der Waals surface area contributed by atoms with Crippen molar-refractivity contribution in [2.75, 3.05) is 25.5 Å². The monoisotopic (exact) mass is 380 g/mol. The van der Waals surface area contributed by atoms with Crippen LogP contribution in [0.1, 0.15) is 36.5 Å². The van der Waals surface area contributed by atoms with Gasteiger partial charge in [-0.1, -0.05) is 49.4 Å². The zero-order valence-corrected chi connectivity index (χ0v) is 17.0. The van der Waals surface area contributed by atoms with Crippen molar-refractivity contribution in [2.45, 2.75) is 39.5 Å². The minimum Gasteiger partial charge on any atom is -0.380 e. The van der Waals surface area contributed by atoms with E-state index in [1.165, 1.54) is 31.5 Å². The molecule has 0 atom stereocenters. The number of aliphatic imine (C=N–C) groups is 1. The van der Waals surface area contributed by atoms with Gasteiger partial charge < -0.3 is 15.8 Å². The Bertz CT molecular complexity index is 764. The van der Waals surface area contributed by atoms with Gasteiger partial charge in [0.1, 0.15) is 0 Å². The second-order valence-electron chi connectivity index (χ2n) is 7.69. The summed E-state index contributed by atoms with van der Waals surface area (Å²) in [5.74, 6) is 1.28. The summed E-state index contributed by atoms with van der Waals surface area (Å²) in [6, 6.07) is 16.7. The van der Waals surface area contributed by atoms with E-state index in [9.17, 15) is 0 Å². The predicted molar refractivity (Wildman–Crippen MR) is 116 cm³/mol. The Kier molecular flexibility index (Phi) is 7.46. The van der Waals surface area contributed by atoms with Crippen molar-refractivity contribution in [3.8, 4) is 0 Å². The highest BCUT2D eigenvalue weighted by Crippen LogP contribution is 2.19. The summed E-state index contributed by atoms with van der Waals surface area (Å²) >= 11 is 0. The first-order valence-electron chi connectivity index (χ1n) is 10.1. The minimum absolute atomic E-state index is 0.412. The maximum absolute atomic E-state index is 6.07. The highest BCUT2D eigenvalue weighted by Gasteiger charge is 2.15. The number of piperidine rings is 1. The van der Waals surface area contributed by atoms with Gasteiger partial charge in [0.2, 0.25) is 0 Å². The molecule has 0 radical (unpaired) electrons. The number of likely N-dealkylation sites (tertiary alicyclic amines) is 1. The van der Waals surface area contributed by atoms with Crippen molar-refractivity contribution >= 4 is 11.6 Å². The van der Waals surface area contributed by atoms with E-state index < -0.39 is 0 Å². The number of para-hydroxylation sites is 1. The summed E-state index contributed by atoms with van der Waals surface area (Å²) in [7, 11) is 1.68. The number of guanidine groups is 1. The largest absolute Gasteiger partial charge is 0.380 e. The van der Waals surface area contributed by atoms with Crippen LogP contribution in [0.5, 0.6) is 0 Å². The molecule has 0 saturated carbocycles. The van der Waals surface area contributed by atoms with Gasteiger partial charge in [-0.2, -0.15) is 0 Å². The smallest absolute Gasteiger partial charge is 0.193 e. The van der Waals surface area contributed by atoms with Crippen LogP contribution in [0.2, 0.25) is 0 Å². The third kappa shape index (κ3) is 6.08. The summed E-state index contributed by atoms with van der Waals surface area (Å²) in [5.41, 5.74) is 10.6. The Morgan fingerprint density at radius 1 is 1.11 bits per heavy atom. The summed E-state index contributed by atoms with van der Waals surface area (Å²) in [4.78, 5) is 7.02. The molecule has 1 heterocycles. The van der Waals surface area contributed by atoms with Crippen LogP contribution in [-0.4, -0.2) is 31.1 Å². The topological polar surface area (TPSA) is 62.9 Å². The maximum atomic E-state index is 6.07. The molecule has 0 unspecified atom stereocenters. The van der Waals surface area contributed by atoms with E-state index in [2.05, 4.69) is 46.4 Å². The average Bonchev–Trinajstić information content (AvgIpc) is 2.71. The number of rotatable bonds is 7. The number of hydrogen-bond donors (Lipinski definition) is 2. The molecule has 2 aromatic carbocycles. The lowest BCUT2D eigenvalue weighted by Crippen LogP contribution is -2.32. The van der Waals surface area contributed by atoms with E-state index in [1.54, 1.807) is 7.11 Å². The number of benzene rings is 2. The van der Waals surface area contributed by atoms with Gasteiger partial charge in [0.05, 0.1) is 13.2 Å². The number of ether oxygens (including phenoxy) is 1. The minimum atomic E-state index is 0.412. The summed E-state index contributed by atoms with van der Waals surface area (Å²) in [5, 5.41) is 3.18. The molecule has 5 nitrogen and oxygen atoms in total. The van der Waals surface area contributed by atoms with Crippen LogP contribution in [0.4, 0.5) is 5.69 Å². The Morgan fingerprint density at radius 2 is 1.79 bits per heavy atom. The quantitative estimate of drug-likeness (QED) is 0.563. The summed E-state index contributed by atoms with van der Waals surface area (Å²) in [6.45, 7) is 6.90. The van der Waals surface area contributed by atoms with Crippen molar-refractivity contribution in [2.24, 2.45) is 16.6 Å². The third-order valence-electron chi connectivity index (χ3n) is 5.32. The van der Waals surface area contributed by atoms with Gasteiger partial charge in [0, 0.05) is 24.9 Å². The highest BCUT2D eigenvalue weighted by atomic mass is 16.5. The van der Waals surface area contributed by atoms with Gasteiger partial charge in [-0.25, -0.2) is 4.99 Å². The van der Waals surface area contributed by atoms with Crippen molar-refractivity contribution in [3.63, 3.8) is 0 Å². The molecular formula is C23H32N4O. The number of nitrogens with zero attached hydrogens (tertiary/aromatic N) is 2. The van der Waals surface area contributed by atoms with E-state index in [4.69, 9.17) is 10.5 Å². The molecule has 28 heavy (non-hydrogen) atoms. The van der Waals surface area contributed by atoms with Crippen LogP contribution in [0.25, 0.3) is 0 Å². The second kappa shape index (κ2) is 10.2. The normalized spacial score (nSPS) is 16.3. The number of nitrogens with one attached hydrogen (secondary N) is 1. The van der Waals surface area contributed by atoms with Gasteiger partial charge in [-0.3, -0.25) is 4.90 Å². The zero-order valence-electron chi connectivity index (χ0n) is 17.0. The first-order chi connectivity index (χ1) is 13.6. The van der Waals surface area contributed by atoms with Crippen LogP contribution in [-0.2, 0) is 24.4 Å². The van der Waals surface area contributed by atoms with Crippen LogP contribution in [0.3, 0.4) is 0 Å². The van der Waals surface area contributed by atoms with Crippen LogP contribution >= 0.6 is 0 Å². The van der Waals surface area contributed by atoms with Crippen molar-refractivity contribution in [1.29, 1.82) is 0 Å². The van der Waals surface area contributed by atoms with Gasteiger partial charge >= 0.3 is 0 Å². The molecule has 3 N–H and O–H groups in total. The lowest BCUT2D eigenvalue weighted by Gasteiger charge is -2.30. The molecule has 0 spiro atoms. The van der Waals surface area contributed by atoms with E-state index in [-0.39, 0.29) is 0 Å². The fourth-order valence-electron chi connectivity index (χ4n) is 3.51. The first-order valence-corrected chi connectivity index (χ1v) is 10.1. The van der Waals surface area contributed by atoms with Crippen molar-refractivity contribution < 1.29 is 4.74 Å². The fraction of sp³-hybridized carbons (Fsp3) is 0.435. The molecule has 1 saturated heterocycles. The third-order valence-corrected chi connectivity index (χ3v) is 5.32. The van der Waals surface area contributed by atoms with Gasteiger partial charge in [0.15, 0.2) is 5.96 Å². The zero-order chi connectivity index (χ0) is 19.8. The van der Waals surface area contributed by atoms with Gasteiger partial charge in [0.25, 0.3) is 0 Å². The fourth-order valence-corrected chi connectivity index (χ4v) is 3.51. The van der Waals surface area contributed by atoms with Crippen LogP contribution in [0.15, 0.2) is 53.5 Å². The van der Waals surface area contributed by atoms with Gasteiger partial charge in [-0.05, 0) is 49.0 Å². The molecule has 0 bridgehead atoms. The molecular weight excluding hydrogens is 348 g/mol. The Hall–Kier alpha value is -2.37. The predicted octanol–water partition coefficient (Wildman–Crippen LogP) is 3.99. The maximum Gasteiger partial charge on any atom is 0.193 e. The van der Waals surface area contributed by atoms with Crippen LogP contribution < -0.4 is 11.1 Å². The lowest BCUT2D eigenvalue weighted by atomic mass is 9.99. The Balaban J connectivity index is 1.52. The number of methoxy groups -OCH3 is 1. The Morgan fingerprint density at radius 3 is 2.50 bits per heavy atom. The van der Waals surface area contributed by atoms with Crippen molar-refractivity contribution in [3.05, 3.63) is 65.2 Å². The molecule has 5 heteroatoms. The molecule has 1 aliphatic heterocycles. The average molecular weight is 381 g/mol. The molecule has 0 aliphatic carbocycles. The van der Waals surface area contributed by atoms with E-state index in [1.807, 2.05) is 24.3 Å². The van der Waals surface area contributed by atoms with E-state index in [0.29, 0.717) is 19.1 Å². The molecule has 1 fully saturated rings. The number of nitrogens with two attached hydrogens (primary N) is 1. The number of anilines is 1. The molecule has 0 aromatic heterocycles. The van der Waals surface area contributed by atoms with Crippen LogP contribution in [0, 0.1) is 5.92 Å². The van der Waals surface area contributed by atoms with E-state index in [0.717, 1.165) is 29.3 Å². The Labute approximate surface area is 168 Å². The molecule has 2 aromatic rings. The number of hydrogen-bond acceptors (Lipinski definition) is 3. The molecule has 1 aliphatic rings. The molecule has 150 valence electrons. The summed E-state index contributed by atoms with van der Waals surface area (Å²) in [6.07, 6.45) is 2.62. The summed E-state index contributed by atoms with van der Waals surface area (Å²) < 4.78 is 5.23. The van der Waals surface area contributed by atoms with E-state index >= 15 is 0 Å². The first kappa shape index (κ1) is 20.4. The van der Waals surface area contributed by atoms with Crippen molar-refractivity contribution in [1.82, 2.24) is 4.90 Å². The van der Waals surface area contributed by atoms with Gasteiger partial charge in [-0.15, -0.1) is 0 Å². The SMILES string of the molecule is COCc1ccccc1NC(N)=NCc1ccc(CN2CCC(C)CC2)cc1. The highest BCUT2D eigenvalue weighted by molar-refractivity contribution is 5.92. The standard InChI is InChI=1S/C23H32N4O/c1-18-11-13-27(14-12-18)16-20-9-7-19(8-10-20)15-25-23(24)26-22-6-4-3-5-21(22)17-28-2/h3-10,18H,11-17H2,1-2H3,(H3,24,25,26). The molecule has 0 amide bonds. The lowest BCUT2D eigenvalue weighted by molar-refractivity contribution is 0.185. The molecule has 3 rings (SSSR count).